The lowest BCUT2D eigenvalue weighted by Crippen LogP contribution is -2.49. The molecule has 0 spiro atoms. The van der Waals surface area contributed by atoms with E-state index in [9.17, 15) is 4.79 Å². The summed E-state index contributed by atoms with van der Waals surface area (Å²) in [7, 11) is 5.88. The lowest BCUT2D eigenvalue weighted by molar-refractivity contribution is -0.887. The molecule has 3 heteroatoms. The topological polar surface area (TPSA) is 37.3 Å². The monoisotopic (exact) mass is 244 g/mol. The number of carbonyl (C=O) groups is 1. The van der Waals surface area contributed by atoms with E-state index >= 15 is 0 Å². The number of rotatable bonds is 10. The summed E-state index contributed by atoms with van der Waals surface area (Å²) in [6.07, 6.45) is 9.51. The number of carboxylic acid groups (broad SMARTS) is 1. The average Bonchev–Trinajstić information content (AvgIpc) is 2.19. The van der Waals surface area contributed by atoms with Gasteiger partial charge in [-0.1, -0.05) is 45.4 Å². The Bertz CT molecular complexity index is 209. The van der Waals surface area contributed by atoms with Crippen LogP contribution in [0.2, 0.25) is 0 Å². The minimum absolute atomic E-state index is 0.259. The molecule has 0 rings (SSSR count). The van der Waals surface area contributed by atoms with Gasteiger partial charge in [0.1, 0.15) is 0 Å². The number of carboxylic acids is 1. The molecule has 0 heterocycles. The Hall–Kier alpha value is -0.570. The standard InChI is InChI=1S/C14H29NO2/c1-5-6-7-8-9-10-11-12-13(14(16)17)15(2,3)4/h13H,5-12H2,1-4H3/p+1. The third-order valence-electron chi connectivity index (χ3n) is 3.30. The predicted molar refractivity (Wildman–Crippen MR) is 72.1 cm³/mol. The van der Waals surface area contributed by atoms with Gasteiger partial charge in [-0.05, 0) is 6.42 Å². The molecule has 0 aromatic carbocycles. The molecule has 0 aliphatic rings. The van der Waals surface area contributed by atoms with E-state index in [1.807, 2.05) is 21.1 Å². The second-order valence-corrected chi connectivity index (χ2v) is 5.88. The summed E-state index contributed by atoms with van der Waals surface area (Å²) < 4.78 is 0.519. The largest absolute Gasteiger partial charge is 0.477 e. The van der Waals surface area contributed by atoms with Crippen LogP contribution in [-0.2, 0) is 4.79 Å². The van der Waals surface area contributed by atoms with Gasteiger partial charge in [0, 0.05) is 6.42 Å². The van der Waals surface area contributed by atoms with Crippen LogP contribution in [0.3, 0.4) is 0 Å². The Labute approximate surface area is 106 Å². The SMILES string of the molecule is CCCCCCCCCC(C(=O)O)[N+](C)(C)C. The first-order valence-corrected chi connectivity index (χ1v) is 6.93. The van der Waals surface area contributed by atoms with Crippen molar-refractivity contribution in [1.82, 2.24) is 0 Å². The highest BCUT2D eigenvalue weighted by Gasteiger charge is 2.30. The van der Waals surface area contributed by atoms with E-state index in [0.29, 0.717) is 4.48 Å². The Balaban J connectivity index is 3.67. The second kappa shape index (κ2) is 8.51. The van der Waals surface area contributed by atoms with E-state index in [1.54, 1.807) is 0 Å². The minimum Gasteiger partial charge on any atom is -0.477 e. The van der Waals surface area contributed by atoms with Crippen LogP contribution in [0.15, 0.2) is 0 Å². The van der Waals surface area contributed by atoms with Crippen molar-refractivity contribution in [3.63, 3.8) is 0 Å². The summed E-state index contributed by atoms with van der Waals surface area (Å²) in [6.45, 7) is 2.22. The number of unbranched alkanes of at least 4 members (excludes halogenated alkanes) is 6. The van der Waals surface area contributed by atoms with Crippen LogP contribution in [0.5, 0.6) is 0 Å². The summed E-state index contributed by atoms with van der Waals surface area (Å²) in [5.41, 5.74) is 0. The van der Waals surface area contributed by atoms with Gasteiger partial charge in [-0.3, -0.25) is 0 Å². The Kier molecular flexibility index (Phi) is 8.23. The molecule has 0 aromatic heterocycles. The number of aliphatic carboxylic acids is 1. The zero-order valence-corrected chi connectivity index (χ0v) is 12.0. The number of hydrogen-bond acceptors (Lipinski definition) is 1. The lowest BCUT2D eigenvalue weighted by Gasteiger charge is -2.31. The summed E-state index contributed by atoms with van der Waals surface area (Å²) in [5.74, 6) is -0.663. The van der Waals surface area contributed by atoms with Crippen molar-refractivity contribution < 1.29 is 14.4 Å². The van der Waals surface area contributed by atoms with Crippen molar-refractivity contribution in [2.45, 2.75) is 64.3 Å². The van der Waals surface area contributed by atoms with Crippen molar-refractivity contribution in [3.05, 3.63) is 0 Å². The molecular weight excluding hydrogens is 214 g/mol. The molecule has 0 radical (unpaired) electrons. The number of nitrogens with zero attached hydrogens (tertiary/aromatic N) is 1. The molecule has 102 valence electrons. The molecule has 0 bridgehead atoms. The van der Waals surface area contributed by atoms with Gasteiger partial charge in [0.25, 0.3) is 0 Å². The highest BCUT2D eigenvalue weighted by Crippen LogP contribution is 2.14. The number of hydrogen-bond donors (Lipinski definition) is 1. The van der Waals surface area contributed by atoms with E-state index in [2.05, 4.69) is 6.92 Å². The fraction of sp³-hybridized carbons (Fsp3) is 0.929. The lowest BCUT2D eigenvalue weighted by atomic mass is 10.0. The second-order valence-electron chi connectivity index (χ2n) is 5.88. The van der Waals surface area contributed by atoms with Crippen LogP contribution in [0.1, 0.15) is 58.3 Å². The molecule has 0 aliphatic heterocycles. The van der Waals surface area contributed by atoms with Crippen LogP contribution in [0, 0.1) is 0 Å². The summed E-state index contributed by atoms with van der Waals surface area (Å²) in [6, 6.07) is -0.259. The average molecular weight is 244 g/mol. The maximum Gasteiger partial charge on any atom is 0.362 e. The van der Waals surface area contributed by atoms with Crippen molar-refractivity contribution in [2.24, 2.45) is 0 Å². The summed E-state index contributed by atoms with van der Waals surface area (Å²) in [4.78, 5) is 11.1. The van der Waals surface area contributed by atoms with Crippen molar-refractivity contribution in [3.8, 4) is 0 Å². The fourth-order valence-corrected chi connectivity index (χ4v) is 2.14. The minimum atomic E-state index is -0.663. The van der Waals surface area contributed by atoms with Crippen LogP contribution in [0.25, 0.3) is 0 Å². The third-order valence-corrected chi connectivity index (χ3v) is 3.30. The molecule has 3 nitrogen and oxygen atoms in total. The molecule has 0 fully saturated rings. The van der Waals surface area contributed by atoms with Crippen LogP contribution in [0.4, 0.5) is 0 Å². The molecule has 0 saturated heterocycles. The van der Waals surface area contributed by atoms with Gasteiger partial charge in [-0.2, -0.15) is 0 Å². The highest BCUT2D eigenvalue weighted by molar-refractivity contribution is 5.72. The van der Waals surface area contributed by atoms with E-state index in [0.717, 1.165) is 12.8 Å². The van der Waals surface area contributed by atoms with E-state index < -0.39 is 5.97 Å². The molecular formula is C14H30NO2+. The zero-order valence-electron chi connectivity index (χ0n) is 12.0. The van der Waals surface area contributed by atoms with E-state index in [-0.39, 0.29) is 6.04 Å². The van der Waals surface area contributed by atoms with Crippen molar-refractivity contribution in [1.29, 1.82) is 0 Å². The Morgan fingerprint density at radius 3 is 1.88 bits per heavy atom. The molecule has 0 amide bonds. The van der Waals surface area contributed by atoms with Gasteiger partial charge in [-0.25, -0.2) is 4.79 Å². The first-order chi connectivity index (χ1) is 7.89. The van der Waals surface area contributed by atoms with Gasteiger partial charge in [0.2, 0.25) is 0 Å². The van der Waals surface area contributed by atoms with Crippen molar-refractivity contribution in [2.75, 3.05) is 21.1 Å². The number of likely N-dealkylation sites (N-methyl/N-ethyl adjacent to an activating group) is 1. The Morgan fingerprint density at radius 1 is 1.00 bits per heavy atom. The first-order valence-electron chi connectivity index (χ1n) is 6.93. The van der Waals surface area contributed by atoms with Gasteiger partial charge in [0.05, 0.1) is 21.1 Å². The fourth-order valence-electron chi connectivity index (χ4n) is 2.14. The summed E-state index contributed by atoms with van der Waals surface area (Å²) in [5, 5.41) is 9.17. The maximum atomic E-state index is 11.1. The quantitative estimate of drug-likeness (QED) is 0.473. The number of quaternary nitrogens is 1. The molecule has 17 heavy (non-hydrogen) atoms. The van der Waals surface area contributed by atoms with Gasteiger partial charge < -0.3 is 9.59 Å². The zero-order chi connectivity index (χ0) is 13.3. The van der Waals surface area contributed by atoms with Gasteiger partial charge in [0.15, 0.2) is 6.04 Å². The normalized spacial score (nSPS) is 13.6. The summed E-state index contributed by atoms with van der Waals surface area (Å²) >= 11 is 0. The predicted octanol–water partition coefficient (Wildman–Crippen LogP) is 3.29. The highest BCUT2D eigenvalue weighted by atomic mass is 16.4. The molecule has 0 saturated carbocycles. The molecule has 1 N–H and O–H groups in total. The van der Waals surface area contributed by atoms with Gasteiger partial charge >= 0.3 is 5.97 Å². The molecule has 1 unspecified atom stereocenters. The molecule has 0 aromatic rings. The van der Waals surface area contributed by atoms with E-state index in [1.165, 1.54) is 38.5 Å². The third kappa shape index (κ3) is 8.19. The first kappa shape index (κ1) is 16.4. The molecule has 0 aliphatic carbocycles. The molecule has 1 atom stereocenters. The van der Waals surface area contributed by atoms with Crippen LogP contribution >= 0.6 is 0 Å². The maximum absolute atomic E-state index is 11.1. The van der Waals surface area contributed by atoms with Crippen LogP contribution in [-0.4, -0.2) is 42.7 Å². The van der Waals surface area contributed by atoms with Gasteiger partial charge in [-0.15, -0.1) is 0 Å². The Morgan fingerprint density at radius 2 is 1.47 bits per heavy atom. The van der Waals surface area contributed by atoms with Crippen molar-refractivity contribution >= 4 is 5.97 Å². The van der Waals surface area contributed by atoms with Crippen LogP contribution < -0.4 is 0 Å². The smallest absolute Gasteiger partial charge is 0.362 e. The van der Waals surface area contributed by atoms with E-state index in [4.69, 9.17) is 5.11 Å².